The van der Waals surface area contributed by atoms with Gasteiger partial charge in [0.05, 0.1) is 34.4 Å². The van der Waals surface area contributed by atoms with Gasteiger partial charge in [-0.2, -0.15) is 13.2 Å². The van der Waals surface area contributed by atoms with Gasteiger partial charge in [-0.05, 0) is 24.3 Å². The summed E-state index contributed by atoms with van der Waals surface area (Å²) in [6, 6.07) is 11.7. The molecule has 0 aliphatic heterocycles. The van der Waals surface area contributed by atoms with Crippen molar-refractivity contribution in [3.63, 3.8) is 0 Å². The van der Waals surface area contributed by atoms with Crippen molar-refractivity contribution in [2.24, 2.45) is 0 Å². The third-order valence-electron chi connectivity index (χ3n) is 3.50. The van der Waals surface area contributed by atoms with Crippen LogP contribution in [-0.4, -0.2) is 15.9 Å². The largest absolute Gasteiger partial charge is 0.418 e. The molecule has 0 aliphatic carbocycles. The van der Waals surface area contributed by atoms with E-state index >= 15 is 0 Å². The molecule has 0 aliphatic rings. The van der Waals surface area contributed by atoms with Crippen LogP contribution in [0.5, 0.6) is 0 Å². The first kappa shape index (κ1) is 18.7. The first-order chi connectivity index (χ1) is 12.8. The Morgan fingerprint density at radius 2 is 1.59 bits per heavy atom. The van der Waals surface area contributed by atoms with E-state index in [1.165, 1.54) is 24.4 Å². The molecule has 3 aromatic rings. The maximum absolute atomic E-state index is 13.0. The number of hydrogen-bond donors (Lipinski definition) is 2. The lowest BCUT2D eigenvalue weighted by Gasteiger charge is -2.13. The van der Waals surface area contributed by atoms with Crippen molar-refractivity contribution in [1.29, 1.82) is 0 Å². The number of alkyl halides is 3. The Kier molecular flexibility index (Phi) is 5.27. The van der Waals surface area contributed by atoms with Crippen LogP contribution in [0.4, 0.5) is 30.4 Å². The van der Waals surface area contributed by atoms with Crippen LogP contribution in [0.15, 0.2) is 60.9 Å². The lowest BCUT2D eigenvalue weighted by Crippen LogP contribution is -2.18. The highest BCUT2D eigenvalue weighted by atomic mass is 35.5. The molecule has 0 atom stereocenters. The first-order valence-electron chi connectivity index (χ1n) is 7.66. The molecule has 3 rings (SSSR count). The summed E-state index contributed by atoms with van der Waals surface area (Å²) >= 11 is 6.03. The third-order valence-corrected chi connectivity index (χ3v) is 3.83. The van der Waals surface area contributed by atoms with E-state index in [1.54, 1.807) is 24.3 Å². The molecular formula is C18H12ClF3N4O. The van der Waals surface area contributed by atoms with E-state index in [-0.39, 0.29) is 11.4 Å². The topological polar surface area (TPSA) is 66.9 Å². The summed E-state index contributed by atoms with van der Waals surface area (Å²) < 4.78 is 39.0. The van der Waals surface area contributed by atoms with Crippen LogP contribution in [-0.2, 0) is 6.18 Å². The summed E-state index contributed by atoms with van der Waals surface area (Å²) in [6.07, 6.45) is -2.14. The van der Waals surface area contributed by atoms with Crippen LogP contribution in [0.2, 0.25) is 5.02 Å². The maximum atomic E-state index is 13.0. The van der Waals surface area contributed by atoms with Crippen molar-refractivity contribution >= 4 is 34.7 Å². The van der Waals surface area contributed by atoms with E-state index in [0.29, 0.717) is 16.5 Å². The fourth-order valence-electron chi connectivity index (χ4n) is 2.24. The Morgan fingerprint density at radius 3 is 2.22 bits per heavy atom. The van der Waals surface area contributed by atoms with Gasteiger partial charge in [0.1, 0.15) is 11.5 Å². The highest BCUT2D eigenvalue weighted by Gasteiger charge is 2.33. The zero-order valence-electron chi connectivity index (χ0n) is 13.6. The number of benzene rings is 2. The van der Waals surface area contributed by atoms with Gasteiger partial charge in [0, 0.05) is 0 Å². The van der Waals surface area contributed by atoms with Gasteiger partial charge >= 0.3 is 6.18 Å². The summed E-state index contributed by atoms with van der Waals surface area (Å²) in [7, 11) is 0. The number of para-hydroxylation sites is 2. The summed E-state index contributed by atoms with van der Waals surface area (Å²) in [4.78, 5) is 20.2. The van der Waals surface area contributed by atoms with Gasteiger partial charge in [0.25, 0.3) is 5.91 Å². The molecule has 0 bridgehead atoms. The van der Waals surface area contributed by atoms with Crippen molar-refractivity contribution in [2.75, 3.05) is 10.6 Å². The molecule has 9 heteroatoms. The average molecular weight is 393 g/mol. The summed E-state index contributed by atoms with van der Waals surface area (Å²) in [5.41, 5.74) is -0.820. The number of rotatable bonds is 4. The van der Waals surface area contributed by atoms with Crippen molar-refractivity contribution in [3.05, 3.63) is 77.2 Å². The van der Waals surface area contributed by atoms with Crippen molar-refractivity contribution < 1.29 is 18.0 Å². The van der Waals surface area contributed by atoms with E-state index in [2.05, 4.69) is 20.6 Å². The molecule has 5 nitrogen and oxygen atoms in total. The Hall–Kier alpha value is -3.13. The van der Waals surface area contributed by atoms with Gasteiger partial charge in [0.15, 0.2) is 0 Å². The van der Waals surface area contributed by atoms with Gasteiger partial charge in [-0.15, -0.1) is 0 Å². The van der Waals surface area contributed by atoms with E-state index in [4.69, 9.17) is 11.6 Å². The van der Waals surface area contributed by atoms with Crippen LogP contribution < -0.4 is 10.6 Å². The third kappa shape index (κ3) is 4.53. The second kappa shape index (κ2) is 7.63. The summed E-state index contributed by atoms with van der Waals surface area (Å²) in [6.45, 7) is 0. The van der Waals surface area contributed by atoms with Crippen LogP contribution in [0.25, 0.3) is 0 Å². The lowest BCUT2D eigenvalue weighted by molar-refractivity contribution is -0.136. The van der Waals surface area contributed by atoms with E-state index < -0.39 is 17.6 Å². The van der Waals surface area contributed by atoms with E-state index in [9.17, 15) is 18.0 Å². The molecule has 1 aromatic heterocycles. The van der Waals surface area contributed by atoms with Crippen molar-refractivity contribution in [2.45, 2.75) is 6.18 Å². The SMILES string of the molecule is O=C(Nc1ccccc1C(F)(F)F)c1cnc(Nc2ccccc2Cl)cn1. The minimum atomic E-state index is -4.59. The van der Waals surface area contributed by atoms with Gasteiger partial charge in [-0.1, -0.05) is 35.9 Å². The van der Waals surface area contributed by atoms with Gasteiger partial charge < -0.3 is 10.6 Å². The average Bonchev–Trinajstić information content (AvgIpc) is 2.64. The Bertz CT molecular complexity index is 961. The summed E-state index contributed by atoms with van der Waals surface area (Å²) in [5, 5.41) is 5.62. The molecule has 0 saturated carbocycles. The van der Waals surface area contributed by atoms with Crippen molar-refractivity contribution in [3.8, 4) is 0 Å². The van der Waals surface area contributed by atoms with Crippen LogP contribution in [0.3, 0.4) is 0 Å². The maximum Gasteiger partial charge on any atom is 0.418 e. The number of hydrogen-bond acceptors (Lipinski definition) is 4. The molecule has 0 unspecified atom stereocenters. The highest BCUT2D eigenvalue weighted by molar-refractivity contribution is 6.33. The fraction of sp³-hybridized carbons (Fsp3) is 0.0556. The molecule has 0 radical (unpaired) electrons. The molecule has 1 heterocycles. The summed E-state index contributed by atoms with van der Waals surface area (Å²) in [5.74, 6) is -0.473. The molecule has 1 amide bonds. The minimum Gasteiger partial charge on any atom is -0.338 e. The smallest absolute Gasteiger partial charge is 0.338 e. The normalized spacial score (nSPS) is 11.1. The van der Waals surface area contributed by atoms with Crippen LogP contribution in [0, 0.1) is 0 Å². The molecule has 0 saturated heterocycles. The Labute approximate surface area is 157 Å². The number of carbonyl (C=O) groups is 1. The monoisotopic (exact) mass is 392 g/mol. The molecule has 138 valence electrons. The van der Waals surface area contributed by atoms with Gasteiger partial charge in [-0.3, -0.25) is 4.79 Å². The number of halogens is 4. The lowest BCUT2D eigenvalue weighted by atomic mass is 10.1. The molecular weight excluding hydrogens is 381 g/mol. The van der Waals surface area contributed by atoms with E-state index in [1.807, 2.05) is 0 Å². The molecule has 0 fully saturated rings. The molecule has 2 N–H and O–H groups in total. The number of anilines is 3. The predicted octanol–water partition coefficient (Wildman–Crippen LogP) is 5.14. The number of nitrogens with zero attached hydrogens (tertiary/aromatic N) is 2. The van der Waals surface area contributed by atoms with Gasteiger partial charge in [0.2, 0.25) is 0 Å². The van der Waals surface area contributed by atoms with Crippen LogP contribution >= 0.6 is 11.6 Å². The van der Waals surface area contributed by atoms with Crippen LogP contribution in [0.1, 0.15) is 16.1 Å². The van der Waals surface area contributed by atoms with E-state index in [0.717, 1.165) is 12.3 Å². The molecule has 2 aromatic carbocycles. The number of aromatic nitrogens is 2. The predicted molar refractivity (Wildman–Crippen MR) is 96.2 cm³/mol. The molecule has 0 spiro atoms. The number of nitrogens with one attached hydrogen (secondary N) is 2. The zero-order valence-corrected chi connectivity index (χ0v) is 14.3. The van der Waals surface area contributed by atoms with Crippen molar-refractivity contribution in [1.82, 2.24) is 9.97 Å². The standard InChI is InChI=1S/C18H12ClF3N4O/c19-12-6-2-4-8-14(12)25-16-10-23-15(9-24-16)17(27)26-13-7-3-1-5-11(13)18(20,21)22/h1-10H,(H,24,25)(H,26,27). The second-order valence-corrected chi connectivity index (χ2v) is 5.80. The quantitative estimate of drug-likeness (QED) is 0.644. The number of carbonyl (C=O) groups excluding carboxylic acids is 1. The first-order valence-corrected chi connectivity index (χ1v) is 8.03. The Morgan fingerprint density at radius 1 is 0.926 bits per heavy atom. The zero-order chi connectivity index (χ0) is 19.4. The fourth-order valence-corrected chi connectivity index (χ4v) is 2.42. The minimum absolute atomic E-state index is 0.128. The molecule has 27 heavy (non-hydrogen) atoms. The Balaban J connectivity index is 1.75. The second-order valence-electron chi connectivity index (χ2n) is 5.39. The van der Waals surface area contributed by atoms with Gasteiger partial charge in [-0.25, -0.2) is 9.97 Å². The highest BCUT2D eigenvalue weighted by Crippen LogP contribution is 2.34. The number of amides is 1.